The van der Waals surface area contributed by atoms with E-state index in [-0.39, 0.29) is 17.3 Å². The van der Waals surface area contributed by atoms with Crippen LogP contribution >= 0.6 is 11.6 Å². The normalized spacial score (nSPS) is 13.7. The predicted molar refractivity (Wildman–Crippen MR) is 73.2 cm³/mol. The van der Waals surface area contributed by atoms with Crippen molar-refractivity contribution in [2.24, 2.45) is 5.41 Å². The first kappa shape index (κ1) is 15.4. The largest absolute Gasteiger partial charge is 0.393 e. The smallest absolute Gasteiger partial charge is 0.127 e. The fourth-order valence-electron chi connectivity index (χ4n) is 2.09. The zero-order valence-electron chi connectivity index (χ0n) is 11.1. The molecule has 0 amide bonds. The maximum Gasteiger partial charge on any atom is 0.127 e. The molecule has 0 heterocycles. The van der Waals surface area contributed by atoms with Gasteiger partial charge in [-0.25, -0.2) is 4.39 Å². The molecule has 0 saturated heterocycles. The molecule has 1 aromatic carbocycles. The Balaban J connectivity index is 2.48. The average molecular weight is 274 g/mol. The second-order valence-electron chi connectivity index (χ2n) is 5.56. The van der Waals surface area contributed by atoms with E-state index in [1.54, 1.807) is 13.0 Å². The van der Waals surface area contributed by atoms with Crippen molar-refractivity contribution < 1.29 is 9.50 Å². The Kier molecular flexibility index (Phi) is 5.57. The van der Waals surface area contributed by atoms with Crippen molar-refractivity contribution in [3.8, 4) is 0 Å². The Hall–Kier alpha value is -0.640. The van der Waals surface area contributed by atoms with E-state index in [4.69, 9.17) is 11.6 Å². The molecule has 1 atom stereocenters. The highest BCUT2D eigenvalue weighted by Gasteiger charge is 2.19. The summed E-state index contributed by atoms with van der Waals surface area (Å²) in [6.07, 6.45) is 0.377. The molecule has 0 radical (unpaired) electrons. The van der Waals surface area contributed by atoms with Gasteiger partial charge in [-0.3, -0.25) is 0 Å². The molecule has 102 valence electrons. The van der Waals surface area contributed by atoms with Gasteiger partial charge in [-0.2, -0.15) is 0 Å². The van der Waals surface area contributed by atoms with Gasteiger partial charge in [0.15, 0.2) is 0 Å². The summed E-state index contributed by atoms with van der Waals surface area (Å²) < 4.78 is 13.5. The monoisotopic (exact) mass is 273 g/mol. The zero-order chi connectivity index (χ0) is 13.8. The highest BCUT2D eigenvalue weighted by Crippen LogP contribution is 2.21. The molecule has 0 aliphatic heterocycles. The van der Waals surface area contributed by atoms with Gasteiger partial charge in [0, 0.05) is 23.7 Å². The van der Waals surface area contributed by atoms with E-state index in [0.717, 1.165) is 0 Å². The van der Waals surface area contributed by atoms with Gasteiger partial charge < -0.3 is 10.4 Å². The molecular weight excluding hydrogens is 253 g/mol. The van der Waals surface area contributed by atoms with Gasteiger partial charge in [-0.1, -0.05) is 25.4 Å². The average Bonchev–Trinajstić information content (AvgIpc) is 2.21. The lowest BCUT2D eigenvalue weighted by atomic mass is 9.87. The molecule has 1 aromatic rings. The van der Waals surface area contributed by atoms with Crippen LogP contribution in [0.5, 0.6) is 0 Å². The molecule has 1 rings (SSSR count). The second kappa shape index (κ2) is 6.50. The molecule has 18 heavy (non-hydrogen) atoms. The van der Waals surface area contributed by atoms with Crippen LogP contribution in [0.2, 0.25) is 5.02 Å². The van der Waals surface area contributed by atoms with E-state index in [9.17, 15) is 9.50 Å². The summed E-state index contributed by atoms with van der Waals surface area (Å²) in [4.78, 5) is 0. The number of aliphatic hydroxyl groups is 1. The summed E-state index contributed by atoms with van der Waals surface area (Å²) in [7, 11) is 0. The minimum absolute atomic E-state index is 0.0246. The molecule has 2 nitrogen and oxygen atoms in total. The molecule has 0 spiro atoms. The summed E-state index contributed by atoms with van der Waals surface area (Å²) in [5, 5.41) is 13.1. The van der Waals surface area contributed by atoms with E-state index < -0.39 is 0 Å². The van der Waals surface area contributed by atoms with Crippen molar-refractivity contribution in [3.63, 3.8) is 0 Å². The molecule has 0 aliphatic carbocycles. The number of hydrogen-bond donors (Lipinski definition) is 2. The number of hydrogen-bond acceptors (Lipinski definition) is 2. The van der Waals surface area contributed by atoms with Crippen molar-refractivity contribution in [3.05, 3.63) is 34.6 Å². The molecule has 0 fully saturated rings. The van der Waals surface area contributed by atoms with E-state index in [2.05, 4.69) is 19.2 Å². The van der Waals surface area contributed by atoms with Crippen LogP contribution in [0.1, 0.15) is 32.8 Å². The number of nitrogens with one attached hydrogen (secondary N) is 1. The third-order valence-corrected chi connectivity index (χ3v) is 3.01. The summed E-state index contributed by atoms with van der Waals surface area (Å²) in [6, 6.07) is 4.55. The topological polar surface area (TPSA) is 32.3 Å². The first-order valence-corrected chi connectivity index (χ1v) is 6.51. The van der Waals surface area contributed by atoms with Crippen LogP contribution in [0.4, 0.5) is 4.39 Å². The summed E-state index contributed by atoms with van der Waals surface area (Å²) >= 11 is 5.83. The van der Waals surface area contributed by atoms with Crippen molar-refractivity contribution in [1.82, 2.24) is 5.32 Å². The molecule has 4 heteroatoms. The van der Waals surface area contributed by atoms with E-state index in [1.807, 2.05) is 0 Å². The highest BCUT2D eigenvalue weighted by atomic mass is 35.5. The van der Waals surface area contributed by atoms with Gasteiger partial charge in [0.25, 0.3) is 0 Å². The van der Waals surface area contributed by atoms with E-state index >= 15 is 0 Å². The van der Waals surface area contributed by atoms with Crippen LogP contribution in [0.3, 0.4) is 0 Å². The Labute approximate surface area is 113 Å². The van der Waals surface area contributed by atoms with Crippen LogP contribution in [0.15, 0.2) is 18.2 Å². The van der Waals surface area contributed by atoms with Crippen molar-refractivity contribution in [2.45, 2.75) is 39.8 Å². The van der Waals surface area contributed by atoms with Crippen LogP contribution in [0.25, 0.3) is 0 Å². The number of aliphatic hydroxyl groups excluding tert-OH is 1. The van der Waals surface area contributed by atoms with Crippen LogP contribution in [-0.2, 0) is 6.54 Å². The molecule has 1 unspecified atom stereocenters. The first-order valence-electron chi connectivity index (χ1n) is 6.13. The van der Waals surface area contributed by atoms with Gasteiger partial charge in [-0.15, -0.1) is 0 Å². The number of rotatable bonds is 6. The lowest BCUT2D eigenvalue weighted by Crippen LogP contribution is -2.31. The lowest BCUT2D eigenvalue weighted by Gasteiger charge is -2.26. The molecule has 0 aromatic heterocycles. The van der Waals surface area contributed by atoms with E-state index in [1.165, 1.54) is 12.1 Å². The molecular formula is C14H21ClFNO. The number of benzene rings is 1. The molecule has 2 N–H and O–H groups in total. The Morgan fingerprint density at radius 2 is 2.11 bits per heavy atom. The summed E-state index contributed by atoms with van der Waals surface area (Å²) in [5.74, 6) is -0.250. The summed E-state index contributed by atoms with van der Waals surface area (Å²) in [6.45, 7) is 7.07. The van der Waals surface area contributed by atoms with Crippen LogP contribution in [0, 0.1) is 11.2 Å². The highest BCUT2D eigenvalue weighted by molar-refractivity contribution is 6.30. The zero-order valence-corrected chi connectivity index (χ0v) is 11.9. The quantitative estimate of drug-likeness (QED) is 0.833. The lowest BCUT2D eigenvalue weighted by molar-refractivity contribution is 0.128. The SMILES string of the molecule is CC(O)CC(C)(C)CNCc1cc(Cl)ccc1F. The maximum atomic E-state index is 13.5. The molecule has 0 saturated carbocycles. The van der Waals surface area contributed by atoms with Gasteiger partial charge >= 0.3 is 0 Å². The Bertz CT molecular complexity index is 393. The van der Waals surface area contributed by atoms with Gasteiger partial charge in [0.2, 0.25) is 0 Å². The van der Waals surface area contributed by atoms with Crippen LogP contribution < -0.4 is 5.32 Å². The second-order valence-corrected chi connectivity index (χ2v) is 5.99. The van der Waals surface area contributed by atoms with Gasteiger partial charge in [0.05, 0.1) is 6.10 Å². The fraction of sp³-hybridized carbons (Fsp3) is 0.571. The molecule has 0 bridgehead atoms. The van der Waals surface area contributed by atoms with E-state index in [0.29, 0.717) is 30.1 Å². The number of halogens is 2. The third kappa shape index (κ3) is 5.34. The summed E-state index contributed by atoms with van der Waals surface area (Å²) in [5.41, 5.74) is 0.541. The van der Waals surface area contributed by atoms with Crippen molar-refractivity contribution in [2.75, 3.05) is 6.54 Å². The van der Waals surface area contributed by atoms with Gasteiger partial charge in [0.1, 0.15) is 5.82 Å². The van der Waals surface area contributed by atoms with Crippen molar-refractivity contribution >= 4 is 11.6 Å². The van der Waals surface area contributed by atoms with Crippen molar-refractivity contribution in [1.29, 1.82) is 0 Å². The standard InChI is InChI=1S/C14H21ClFNO/c1-10(18)7-14(2,3)9-17-8-11-6-12(15)4-5-13(11)16/h4-6,10,17-18H,7-9H2,1-3H3. The third-order valence-electron chi connectivity index (χ3n) is 2.77. The van der Waals surface area contributed by atoms with Gasteiger partial charge in [-0.05, 0) is 37.0 Å². The fourth-order valence-corrected chi connectivity index (χ4v) is 2.28. The first-order chi connectivity index (χ1) is 8.30. The minimum atomic E-state index is -0.329. The predicted octanol–water partition coefficient (Wildman–Crippen LogP) is 3.37. The van der Waals surface area contributed by atoms with Crippen LogP contribution in [-0.4, -0.2) is 17.8 Å². The minimum Gasteiger partial charge on any atom is -0.393 e. The maximum absolute atomic E-state index is 13.5. The Morgan fingerprint density at radius 3 is 2.72 bits per heavy atom. The Morgan fingerprint density at radius 1 is 1.44 bits per heavy atom. The molecule has 0 aliphatic rings.